The molecule has 0 aromatic heterocycles. The lowest BCUT2D eigenvalue weighted by Gasteiger charge is -2.26. The van der Waals surface area contributed by atoms with Gasteiger partial charge in [-0.05, 0) is 35.4 Å². The molecule has 0 amide bonds. The second kappa shape index (κ2) is 11.9. The highest BCUT2D eigenvalue weighted by molar-refractivity contribution is 6.18. The van der Waals surface area contributed by atoms with Gasteiger partial charge in [-0.2, -0.15) is 0 Å². The van der Waals surface area contributed by atoms with E-state index in [-0.39, 0.29) is 25.2 Å². The van der Waals surface area contributed by atoms with Gasteiger partial charge >= 0.3 is 0 Å². The Labute approximate surface area is 185 Å². The van der Waals surface area contributed by atoms with Crippen molar-refractivity contribution in [3.8, 4) is 23.8 Å². The summed E-state index contributed by atoms with van der Waals surface area (Å²) in [5.74, 6) is 4.81. The number of alkyl halides is 1. The van der Waals surface area contributed by atoms with Crippen molar-refractivity contribution in [2.24, 2.45) is 5.92 Å². The largest absolute Gasteiger partial charge is 0.493 e. The van der Waals surface area contributed by atoms with Gasteiger partial charge in [0.2, 0.25) is 0 Å². The first-order valence-corrected chi connectivity index (χ1v) is 10.6. The lowest BCUT2D eigenvalue weighted by atomic mass is 9.78. The number of halogens is 1. The summed E-state index contributed by atoms with van der Waals surface area (Å²) in [5, 5.41) is 9.84. The molecule has 0 saturated carbocycles. The standard InChI is InChI=1S/C25H31ClO4/c1-5-14-28-17-22(27)18-30-24-12-8-21(9-13-24)25(3,4)20-6-10-23(11-7-20)29-16-19(2)15-26/h1,6-13,19,22,27H,14-18H2,2-4H3/t19-,22+/m0/s1. The molecule has 0 bridgehead atoms. The predicted molar refractivity (Wildman–Crippen MR) is 122 cm³/mol. The predicted octanol–water partition coefficient (Wildman–Crippen LogP) is 4.66. The topological polar surface area (TPSA) is 47.9 Å². The van der Waals surface area contributed by atoms with Gasteiger partial charge in [-0.25, -0.2) is 0 Å². The first-order valence-electron chi connectivity index (χ1n) is 10.1. The van der Waals surface area contributed by atoms with E-state index in [9.17, 15) is 5.11 Å². The summed E-state index contributed by atoms with van der Waals surface area (Å²) in [4.78, 5) is 0. The van der Waals surface area contributed by atoms with Crippen LogP contribution in [0.15, 0.2) is 48.5 Å². The third-order valence-electron chi connectivity index (χ3n) is 4.89. The van der Waals surface area contributed by atoms with Gasteiger partial charge in [-0.1, -0.05) is 51.0 Å². The van der Waals surface area contributed by atoms with E-state index < -0.39 is 6.10 Å². The summed E-state index contributed by atoms with van der Waals surface area (Å²) in [6.45, 7) is 7.52. The molecule has 0 unspecified atom stereocenters. The molecule has 0 radical (unpaired) electrons. The second-order valence-electron chi connectivity index (χ2n) is 7.93. The Bertz CT molecular complexity index is 793. The average Bonchev–Trinajstić information content (AvgIpc) is 2.76. The molecule has 0 spiro atoms. The molecule has 2 atom stereocenters. The first-order chi connectivity index (χ1) is 14.4. The van der Waals surface area contributed by atoms with Crippen molar-refractivity contribution in [1.82, 2.24) is 0 Å². The highest BCUT2D eigenvalue weighted by atomic mass is 35.5. The van der Waals surface area contributed by atoms with Crippen LogP contribution in [-0.4, -0.2) is 43.5 Å². The number of rotatable bonds is 12. The van der Waals surface area contributed by atoms with Gasteiger partial charge in [-0.15, -0.1) is 18.0 Å². The molecule has 2 aromatic carbocycles. The Morgan fingerprint density at radius 1 is 0.933 bits per heavy atom. The highest BCUT2D eigenvalue weighted by Gasteiger charge is 2.23. The summed E-state index contributed by atoms with van der Waals surface area (Å²) < 4.78 is 16.5. The fourth-order valence-electron chi connectivity index (χ4n) is 2.88. The van der Waals surface area contributed by atoms with Crippen molar-refractivity contribution >= 4 is 11.6 Å². The van der Waals surface area contributed by atoms with Crippen molar-refractivity contribution in [1.29, 1.82) is 0 Å². The Morgan fingerprint density at radius 2 is 1.43 bits per heavy atom. The van der Waals surface area contributed by atoms with E-state index in [1.807, 2.05) is 36.4 Å². The number of ether oxygens (including phenoxy) is 3. The maximum atomic E-state index is 9.84. The van der Waals surface area contributed by atoms with Gasteiger partial charge < -0.3 is 19.3 Å². The molecular formula is C25H31ClO4. The highest BCUT2D eigenvalue weighted by Crippen LogP contribution is 2.33. The maximum Gasteiger partial charge on any atom is 0.119 e. The molecule has 30 heavy (non-hydrogen) atoms. The SMILES string of the molecule is C#CCOC[C@@H](O)COc1ccc(C(C)(C)c2ccc(OC[C@@H](C)CCl)cc2)cc1. The van der Waals surface area contributed by atoms with Crippen molar-refractivity contribution in [2.75, 3.05) is 32.3 Å². The minimum Gasteiger partial charge on any atom is -0.493 e. The van der Waals surface area contributed by atoms with E-state index in [2.05, 4.69) is 38.8 Å². The third-order valence-corrected chi connectivity index (χ3v) is 5.41. The molecule has 5 heteroatoms. The lowest BCUT2D eigenvalue weighted by molar-refractivity contribution is 0.0229. The summed E-state index contributed by atoms with van der Waals surface area (Å²) in [6.07, 6.45) is 4.39. The van der Waals surface area contributed by atoms with Crippen LogP contribution >= 0.6 is 11.6 Å². The van der Waals surface area contributed by atoms with Gasteiger partial charge in [0.15, 0.2) is 0 Å². The molecule has 0 fully saturated rings. The maximum absolute atomic E-state index is 9.84. The van der Waals surface area contributed by atoms with Crippen molar-refractivity contribution in [3.63, 3.8) is 0 Å². The second-order valence-corrected chi connectivity index (χ2v) is 8.24. The van der Waals surface area contributed by atoms with Gasteiger partial charge in [0.05, 0.1) is 13.2 Å². The van der Waals surface area contributed by atoms with Crippen LogP contribution in [0, 0.1) is 18.3 Å². The fourth-order valence-corrected chi connectivity index (χ4v) is 2.97. The van der Waals surface area contributed by atoms with Crippen LogP contribution in [0.5, 0.6) is 11.5 Å². The molecule has 0 aliphatic rings. The normalized spacial score (nSPS) is 13.3. The number of aliphatic hydroxyl groups excluding tert-OH is 1. The van der Waals surface area contributed by atoms with Crippen LogP contribution in [0.3, 0.4) is 0 Å². The van der Waals surface area contributed by atoms with Crippen LogP contribution in [0.4, 0.5) is 0 Å². The zero-order valence-corrected chi connectivity index (χ0v) is 18.7. The quantitative estimate of drug-likeness (QED) is 0.302. The zero-order chi connectivity index (χ0) is 22.0. The van der Waals surface area contributed by atoms with Gasteiger partial charge in [-0.3, -0.25) is 0 Å². The Hall–Kier alpha value is -2.19. The number of aliphatic hydroxyl groups is 1. The monoisotopic (exact) mass is 430 g/mol. The van der Waals surface area contributed by atoms with E-state index in [0.717, 1.165) is 11.3 Å². The van der Waals surface area contributed by atoms with Crippen LogP contribution in [-0.2, 0) is 10.2 Å². The van der Waals surface area contributed by atoms with Gasteiger partial charge in [0, 0.05) is 17.2 Å². The Kier molecular flexibility index (Phi) is 9.52. The Morgan fingerprint density at radius 3 is 1.90 bits per heavy atom. The minimum absolute atomic E-state index is 0.150. The van der Waals surface area contributed by atoms with E-state index >= 15 is 0 Å². The molecule has 0 saturated heterocycles. The van der Waals surface area contributed by atoms with Crippen molar-refractivity contribution in [2.45, 2.75) is 32.3 Å². The lowest BCUT2D eigenvalue weighted by Crippen LogP contribution is -2.23. The third kappa shape index (κ3) is 7.25. The molecule has 0 heterocycles. The molecule has 4 nitrogen and oxygen atoms in total. The average molecular weight is 431 g/mol. The summed E-state index contributed by atoms with van der Waals surface area (Å²) in [5.41, 5.74) is 2.18. The molecule has 0 aliphatic carbocycles. The molecule has 0 aliphatic heterocycles. The number of benzene rings is 2. The van der Waals surface area contributed by atoms with E-state index in [1.165, 1.54) is 5.56 Å². The molecule has 1 N–H and O–H groups in total. The van der Waals surface area contributed by atoms with Crippen molar-refractivity contribution < 1.29 is 19.3 Å². The van der Waals surface area contributed by atoms with Crippen LogP contribution in [0.25, 0.3) is 0 Å². The first kappa shape index (κ1) is 24.1. The van der Waals surface area contributed by atoms with Crippen LogP contribution < -0.4 is 9.47 Å². The van der Waals surface area contributed by atoms with Crippen LogP contribution in [0.2, 0.25) is 0 Å². The van der Waals surface area contributed by atoms with E-state index in [1.54, 1.807) is 0 Å². The molecule has 162 valence electrons. The summed E-state index contributed by atoms with van der Waals surface area (Å²) >= 11 is 5.83. The van der Waals surface area contributed by atoms with Crippen molar-refractivity contribution in [3.05, 3.63) is 59.7 Å². The smallest absolute Gasteiger partial charge is 0.119 e. The zero-order valence-electron chi connectivity index (χ0n) is 17.9. The van der Waals surface area contributed by atoms with E-state index in [4.69, 9.17) is 32.2 Å². The Balaban J connectivity index is 1.95. The van der Waals surface area contributed by atoms with Gasteiger partial charge in [0.25, 0.3) is 0 Å². The molecule has 2 rings (SSSR count). The summed E-state index contributed by atoms with van der Waals surface area (Å²) in [6, 6.07) is 16.1. The number of hydrogen-bond acceptors (Lipinski definition) is 4. The van der Waals surface area contributed by atoms with Gasteiger partial charge in [0.1, 0.15) is 30.8 Å². The van der Waals surface area contributed by atoms with Crippen LogP contribution in [0.1, 0.15) is 31.9 Å². The molecule has 2 aromatic rings. The fraction of sp³-hybridized carbons (Fsp3) is 0.440. The summed E-state index contributed by atoms with van der Waals surface area (Å²) in [7, 11) is 0. The number of terminal acetylenes is 1. The minimum atomic E-state index is -0.720. The number of hydrogen-bond donors (Lipinski definition) is 1. The van der Waals surface area contributed by atoms with E-state index in [0.29, 0.717) is 24.2 Å². The molecular weight excluding hydrogens is 400 g/mol.